The number of nitrogens with one attached hydrogen (secondary N) is 1. The Morgan fingerprint density at radius 3 is 3.11 bits per heavy atom. The molecule has 2 bridgehead atoms. The first-order valence-corrected chi connectivity index (χ1v) is 10.5. The van der Waals surface area contributed by atoms with Crippen LogP contribution in [0.2, 0.25) is 0 Å². The number of piperidine rings is 2. The van der Waals surface area contributed by atoms with E-state index in [4.69, 9.17) is 9.15 Å². The fourth-order valence-corrected chi connectivity index (χ4v) is 5.15. The highest BCUT2D eigenvalue weighted by molar-refractivity contribution is 7.20. The lowest BCUT2D eigenvalue weighted by atomic mass is 9.92. The van der Waals surface area contributed by atoms with E-state index in [-0.39, 0.29) is 0 Å². The zero-order valence-corrected chi connectivity index (χ0v) is 16.1. The quantitative estimate of drug-likeness (QED) is 0.562. The number of aromatic nitrogens is 2. The van der Waals surface area contributed by atoms with Gasteiger partial charge in [0.15, 0.2) is 5.65 Å². The number of benzene rings is 1. The van der Waals surface area contributed by atoms with Gasteiger partial charge < -0.3 is 14.5 Å². The van der Waals surface area contributed by atoms with Crippen LogP contribution >= 0.6 is 11.3 Å². The smallest absolute Gasteiger partial charge is 0.281 e. The minimum absolute atomic E-state index is 0.594. The Bertz CT molecular complexity index is 1110. The van der Waals surface area contributed by atoms with E-state index < -0.39 is 0 Å². The van der Waals surface area contributed by atoms with Crippen molar-refractivity contribution in [2.75, 3.05) is 13.1 Å². The third-order valence-corrected chi connectivity index (χ3v) is 6.70. The maximum atomic E-state index is 5.96. The van der Waals surface area contributed by atoms with Crippen molar-refractivity contribution in [1.82, 2.24) is 20.2 Å². The van der Waals surface area contributed by atoms with Crippen molar-refractivity contribution in [2.45, 2.75) is 31.5 Å². The second-order valence-electron chi connectivity index (χ2n) is 7.59. The molecule has 6 heterocycles. The highest BCUT2D eigenvalue weighted by Crippen LogP contribution is 2.33. The van der Waals surface area contributed by atoms with Crippen LogP contribution in [0.1, 0.15) is 18.4 Å². The molecule has 3 fully saturated rings. The average Bonchev–Trinajstić information content (AvgIpc) is 3.32. The fourth-order valence-electron chi connectivity index (χ4n) is 4.36. The number of thiazole rings is 1. The molecule has 142 valence electrons. The SMILES string of the molecule is c1cnc2nc(Oc3ccc4c(CN5C[C@H]6CC[C@@H]5CN6)coc4c3)sc2c1. The minimum atomic E-state index is 0.594. The molecular weight excluding hydrogens is 372 g/mol. The van der Waals surface area contributed by atoms with Crippen LogP contribution < -0.4 is 10.1 Å². The van der Waals surface area contributed by atoms with Crippen molar-refractivity contribution in [3.05, 3.63) is 48.4 Å². The summed E-state index contributed by atoms with van der Waals surface area (Å²) in [6.45, 7) is 3.18. The van der Waals surface area contributed by atoms with Gasteiger partial charge >= 0.3 is 0 Å². The summed E-state index contributed by atoms with van der Waals surface area (Å²) >= 11 is 1.49. The molecule has 3 aliphatic rings. The standard InChI is InChI=1S/C21H20N4O2S/c1-2-19-20(22-7-1)24-21(28-19)27-16-5-6-17-13(12-26-18(17)8-16)10-25-11-14-3-4-15(25)9-23-14/h1-2,5-8,12,14-15,23H,3-4,9-11H2/t14-,15-/m1/s1. The summed E-state index contributed by atoms with van der Waals surface area (Å²) < 4.78 is 12.8. The van der Waals surface area contributed by atoms with Crippen LogP contribution in [-0.2, 0) is 6.54 Å². The average molecular weight is 392 g/mol. The highest BCUT2D eigenvalue weighted by atomic mass is 32.1. The number of furan rings is 1. The summed E-state index contributed by atoms with van der Waals surface area (Å²) in [6, 6.07) is 11.2. The molecule has 3 aromatic heterocycles. The minimum Gasteiger partial charge on any atom is -0.464 e. The third kappa shape index (κ3) is 2.87. The summed E-state index contributed by atoms with van der Waals surface area (Å²) in [5.41, 5.74) is 2.82. The zero-order valence-electron chi connectivity index (χ0n) is 15.3. The van der Waals surface area contributed by atoms with Crippen LogP contribution in [0, 0.1) is 0 Å². The molecule has 28 heavy (non-hydrogen) atoms. The molecule has 0 amide bonds. The molecule has 7 heteroatoms. The number of hydrogen-bond acceptors (Lipinski definition) is 7. The predicted octanol–water partition coefficient (Wildman–Crippen LogP) is 4.17. The Morgan fingerprint density at radius 1 is 1.29 bits per heavy atom. The first-order chi connectivity index (χ1) is 13.8. The Morgan fingerprint density at radius 2 is 2.29 bits per heavy atom. The van der Waals surface area contributed by atoms with Crippen molar-refractivity contribution in [2.24, 2.45) is 0 Å². The van der Waals surface area contributed by atoms with E-state index in [1.165, 1.54) is 29.7 Å². The molecule has 3 saturated heterocycles. The molecule has 0 saturated carbocycles. The molecule has 0 aliphatic carbocycles. The molecular formula is C21H20N4O2S. The van der Waals surface area contributed by atoms with Crippen LogP contribution in [0.4, 0.5) is 0 Å². The van der Waals surface area contributed by atoms with E-state index in [2.05, 4.69) is 26.3 Å². The topological polar surface area (TPSA) is 63.4 Å². The second kappa shape index (κ2) is 6.55. The molecule has 4 aromatic rings. The first kappa shape index (κ1) is 16.5. The summed E-state index contributed by atoms with van der Waals surface area (Å²) in [5.74, 6) is 0.730. The van der Waals surface area contributed by atoms with E-state index in [0.29, 0.717) is 22.9 Å². The Balaban J connectivity index is 1.24. The third-order valence-electron chi connectivity index (χ3n) is 5.81. The van der Waals surface area contributed by atoms with Crippen molar-refractivity contribution < 1.29 is 9.15 Å². The molecule has 0 radical (unpaired) electrons. The number of fused-ring (bicyclic) bond motifs is 5. The van der Waals surface area contributed by atoms with E-state index in [1.807, 2.05) is 30.5 Å². The van der Waals surface area contributed by atoms with E-state index in [9.17, 15) is 0 Å². The van der Waals surface area contributed by atoms with Crippen LogP contribution in [-0.4, -0.2) is 40.0 Å². The van der Waals surface area contributed by atoms with Gasteiger partial charge in [0.2, 0.25) is 0 Å². The second-order valence-corrected chi connectivity index (χ2v) is 8.58. The van der Waals surface area contributed by atoms with Crippen molar-refractivity contribution in [3.8, 4) is 10.9 Å². The van der Waals surface area contributed by atoms with Gasteiger partial charge in [-0.15, -0.1) is 0 Å². The van der Waals surface area contributed by atoms with Gasteiger partial charge in [0.25, 0.3) is 5.19 Å². The van der Waals surface area contributed by atoms with Crippen LogP contribution in [0.3, 0.4) is 0 Å². The van der Waals surface area contributed by atoms with Gasteiger partial charge in [-0.25, -0.2) is 4.98 Å². The lowest BCUT2D eigenvalue weighted by Crippen LogP contribution is -2.60. The van der Waals surface area contributed by atoms with Crippen molar-refractivity contribution in [1.29, 1.82) is 0 Å². The molecule has 7 rings (SSSR count). The van der Waals surface area contributed by atoms with Gasteiger partial charge in [-0.3, -0.25) is 4.90 Å². The van der Waals surface area contributed by atoms with Gasteiger partial charge in [-0.2, -0.15) is 4.98 Å². The Labute approximate surface area is 166 Å². The molecule has 3 aliphatic heterocycles. The zero-order chi connectivity index (χ0) is 18.5. The molecule has 0 spiro atoms. The van der Waals surface area contributed by atoms with Gasteiger partial charge in [0.1, 0.15) is 11.3 Å². The summed E-state index contributed by atoms with van der Waals surface area (Å²) in [5, 5.41) is 5.37. The number of hydrogen-bond donors (Lipinski definition) is 1. The molecule has 6 nitrogen and oxygen atoms in total. The number of nitrogens with zero attached hydrogens (tertiary/aromatic N) is 3. The van der Waals surface area contributed by atoms with Gasteiger partial charge in [0.05, 0.1) is 11.0 Å². The lowest BCUT2D eigenvalue weighted by molar-refractivity contribution is 0.0687. The summed E-state index contributed by atoms with van der Waals surface area (Å²) in [4.78, 5) is 11.3. The van der Waals surface area contributed by atoms with Gasteiger partial charge in [-0.1, -0.05) is 11.3 Å². The monoisotopic (exact) mass is 392 g/mol. The normalized spacial score (nSPS) is 22.3. The van der Waals surface area contributed by atoms with E-state index in [0.717, 1.165) is 41.1 Å². The van der Waals surface area contributed by atoms with Gasteiger partial charge in [0, 0.05) is 54.9 Å². The summed E-state index contributed by atoms with van der Waals surface area (Å²) in [6.07, 6.45) is 6.23. The molecule has 1 aromatic carbocycles. The highest BCUT2D eigenvalue weighted by Gasteiger charge is 2.33. The Kier molecular flexibility index (Phi) is 3.85. The largest absolute Gasteiger partial charge is 0.464 e. The van der Waals surface area contributed by atoms with Crippen molar-refractivity contribution in [3.63, 3.8) is 0 Å². The number of rotatable bonds is 4. The molecule has 0 unspecified atom stereocenters. The number of pyridine rings is 1. The van der Waals surface area contributed by atoms with Crippen LogP contribution in [0.5, 0.6) is 10.9 Å². The fraction of sp³-hybridized carbons (Fsp3) is 0.333. The van der Waals surface area contributed by atoms with Crippen molar-refractivity contribution >= 4 is 32.7 Å². The van der Waals surface area contributed by atoms with E-state index in [1.54, 1.807) is 6.20 Å². The Hall–Kier alpha value is -2.48. The van der Waals surface area contributed by atoms with Gasteiger partial charge in [-0.05, 0) is 37.1 Å². The number of ether oxygens (including phenoxy) is 1. The van der Waals surface area contributed by atoms with Crippen LogP contribution in [0.25, 0.3) is 21.3 Å². The summed E-state index contributed by atoms with van der Waals surface area (Å²) in [7, 11) is 0. The lowest BCUT2D eigenvalue weighted by Gasteiger charge is -2.45. The first-order valence-electron chi connectivity index (χ1n) is 9.69. The molecule has 1 N–H and O–H groups in total. The maximum absolute atomic E-state index is 5.96. The number of piperazine rings is 1. The van der Waals surface area contributed by atoms with Crippen LogP contribution in [0.15, 0.2) is 47.2 Å². The maximum Gasteiger partial charge on any atom is 0.281 e. The molecule has 2 atom stereocenters. The predicted molar refractivity (Wildman–Crippen MR) is 109 cm³/mol. The van der Waals surface area contributed by atoms with E-state index >= 15 is 0 Å².